The molecule has 2 N–H and O–H groups in total. The number of benzene rings is 3. The number of aromatic nitrogens is 2. The average Bonchev–Trinajstić information content (AvgIpc) is 3.16. The van der Waals surface area contributed by atoms with Crippen molar-refractivity contribution in [3.05, 3.63) is 113 Å². The summed E-state index contributed by atoms with van der Waals surface area (Å²) in [6, 6.07) is 14.1. The van der Waals surface area contributed by atoms with Crippen molar-refractivity contribution in [1.29, 1.82) is 0 Å². The van der Waals surface area contributed by atoms with Crippen LogP contribution in [-0.4, -0.2) is 22.9 Å². The molecule has 0 aliphatic carbocycles. The highest BCUT2D eigenvalue weighted by Crippen LogP contribution is 2.48. The molecule has 2 heterocycles. The number of hydrogen-bond donors (Lipinski definition) is 1. The van der Waals surface area contributed by atoms with E-state index in [9.17, 15) is 13.2 Å². The van der Waals surface area contributed by atoms with Crippen LogP contribution in [0.3, 0.4) is 0 Å². The summed E-state index contributed by atoms with van der Waals surface area (Å²) in [5, 5.41) is 0. The molecule has 1 aliphatic rings. The molecule has 0 spiro atoms. The Labute approximate surface area is 187 Å². The first kappa shape index (κ1) is 20.7. The number of ether oxygens (including phenoxy) is 1. The van der Waals surface area contributed by atoms with Gasteiger partial charge >= 0.3 is 0 Å². The van der Waals surface area contributed by atoms with Crippen LogP contribution >= 0.6 is 0 Å². The number of methoxy groups -OCH3 is 1. The summed E-state index contributed by atoms with van der Waals surface area (Å²) in [7, 11) is 1.24. The van der Waals surface area contributed by atoms with Crippen LogP contribution in [0.5, 0.6) is 5.75 Å². The van der Waals surface area contributed by atoms with E-state index in [1.165, 1.54) is 31.6 Å². The molecule has 5 nitrogen and oxygen atoms in total. The van der Waals surface area contributed by atoms with Gasteiger partial charge in [0, 0.05) is 23.5 Å². The Morgan fingerprint density at radius 2 is 1.61 bits per heavy atom. The van der Waals surface area contributed by atoms with E-state index in [1.807, 2.05) is 12.1 Å². The molecule has 1 atom stereocenters. The van der Waals surface area contributed by atoms with Crippen LogP contribution < -0.4 is 10.5 Å². The van der Waals surface area contributed by atoms with Gasteiger partial charge in [-0.25, -0.2) is 23.7 Å². The lowest BCUT2D eigenvalue weighted by atomic mass is 9.76. The number of rotatable bonds is 4. The summed E-state index contributed by atoms with van der Waals surface area (Å²) < 4.78 is 48.8. The van der Waals surface area contributed by atoms with Crippen molar-refractivity contribution in [2.24, 2.45) is 10.7 Å². The first-order chi connectivity index (χ1) is 16.0. The fourth-order valence-corrected chi connectivity index (χ4v) is 4.28. The first-order valence-electron chi connectivity index (χ1n) is 10.00. The van der Waals surface area contributed by atoms with Gasteiger partial charge in [-0.05, 0) is 41.0 Å². The highest BCUT2D eigenvalue weighted by Gasteiger charge is 2.45. The van der Waals surface area contributed by atoms with Gasteiger partial charge in [-0.1, -0.05) is 30.3 Å². The van der Waals surface area contributed by atoms with E-state index < -0.39 is 23.0 Å². The van der Waals surface area contributed by atoms with Crippen LogP contribution in [0.1, 0.15) is 22.3 Å². The van der Waals surface area contributed by atoms with Crippen molar-refractivity contribution in [3.63, 3.8) is 0 Å². The maximum Gasteiger partial charge on any atom is 0.200 e. The number of hydrogen-bond acceptors (Lipinski definition) is 5. The SMILES string of the molecule is COc1cc(C2(c3cccc(-c4cncnc4)c3)N=C(N)c3c(F)cccc32)cc(F)c1F. The Bertz CT molecular complexity index is 1410. The largest absolute Gasteiger partial charge is 0.494 e. The van der Waals surface area contributed by atoms with E-state index in [2.05, 4.69) is 15.0 Å². The smallest absolute Gasteiger partial charge is 0.200 e. The molecular formula is C25H17F3N4O. The molecular weight excluding hydrogens is 429 g/mol. The highest BCUT2D eigenvalue weighted by molar-refractivity contribution is 6.03. The monoisotopic (exact) mass is 446 g/mol. The van der Waals surface area contributed by atoms with Crippen molar-refractivity contribution >= 4 is 5.84 Å². The molecule has 0 fully saturated rings. The highest BCUT2D eigenvalue weighted by atomic mass is 19.2. The fourth-order valence-electron chi connectivity index (χ4n) is 4.28. The minimum atomic E-state index is -1.44. The van der Waals surface area contributed by atoms with Crippen LogP contribution in [0, 0.1) is 17.5 Å². The summed E-state index contributed by atoms with van der Waals surface area (Å²) in [5.41, 5.74) is 7.59. The van der Waals surface area contributed by atoms with Gasteiger partial charge in [0.15, 0.2) is 11.6 Å². The Hall–Kier alpha value is -4.20. The Morgan fingerprint density at radius 3 is 2.36 bits per heavy atom. The third-order valence-electron chi connectivity index (χ3n) is 5.75. The normalized spacial score (nSPS) is 16.9. The molecule has 0 amide bonds. The lowest BCUT2D eigenvalue weighted by molar-refractivity contribution is 0.369. The maximum absolute atomic E-state index is 14.8. The van der Waals surface area contributed by atoms with Crippen LogP contribution in [0.4, 0.5) is 13.2 Å². The van der Waals surface area contributed by atoms with Gasteiger partial charge in [-0.3, -0.25) is 0 Å². The molecule has 5 rings (SSSR count). The zero-order chi connectivity index (χ0) is 23.2. The molecule has 8 heteroatoms. The predicted octanol–water partition coefficient (Wildman–Crippen LogP) is 4.58. The van der Waals surface area contributed by atoms with E-state index in [0.29, 0.717) is 11.1 Å². The quantitative estimate of drug-likeness (QED) is 0.498. The first-order valence-corrected chi connectivity index (χ1v) is 10.00. The lowest BCUT2D eigenvalue weighted by Crippen LogP contribution is -2.26. The molecule has 164 valence electrons. The number of amidine groups is 1. The molecule has 1 aromatic heterocycles. The summed E-state index contributed by atoms with van der Waals surface area (Å²) >= 11 is 0. The predicted molar refractivity (Wildman–Crippen MR) is 117 cm³/mol. The lowest BCUT2D eigenvalue weighted by Gasteiger charge is -2.30. The van der Waals surface area contributed by atoms with Crippen LogP contribution in [0.2, 0.25) is 0 Å². The summed E-state index contributed by atoms with van der Waals surface area (Å²) in [4.78, 5) is 12.8. The van der Waals surface area contributed by atoms with Crippen molar-refractivity contribution in [3.8, 4) is 16.9 Å². The topological polar surface area (TPSA) is 73.4 Å². The second kappa shape index (κ2) is 7.74. The van der Waals surface area contributed by atoms with Gasteiger partial charge in [0.1, 0.15) is 23.5 Å². The van der Waals surface area contributed by atoms with Crippen molar-refractivity contribution in [1.82, 2.24) is 9.97 Å². The maximum atomic E-state index is 14.8. The van der Waals surface area contributed by atoms with Gasteiger partial charge in [0.25, 0.3) is 0 Å². The molecule has 1 unspecified atom stereocenters. The second-order valence-electron chi connectivity index (χ2n) is 7.55. The third kappa shape index (κ3) is 3.14. The molecule has 3 aromatic carbocycles. The zero-order valence-corrected chi connectivity index (χ0v) is 17.4. The standard InChI is InChI=1S/C25H17F3N4O/c1-33-21-10-17(9-20(27)23(21)28)25(18-6-3-7-19(26)22(18)24(29)32-25)16-5-2-4-14(8-16)15-11-30-13-31-12-15/h2-13H,1H3,(H2,29,32). The van der Waals surface area contributed by atoms with Crippen molar-refractivity contribution in [2.75, 3.05) is 7.11 Å². The molecule has 0 radical (unpaired) electrons. The summed E-state index contributed by atoms with van der Waals surface area (Å²) in [5.74, 6) is -3.13. The number of fused-ring (bicyclic) bond motifs is 1. The van der Waals surface area contributed by atoms with Crippen LogP contribution in [0.25, 0.3) is 11.1 Å². The third-order valence-corrected chi connectivity index (χ3v) is 5.75. The van der Waals surface area contributed by atoms with E-state index in [4.69, 9.17) is 10.5 Å². The number of nitrogens with zero attached hydrogens (tertiary/aromatic N) is 3. The van der Waals surface area contributed by atoms with Crippen molar-refractivity contribution < 1.29 is 17.9 Å². The van der Waals surface area contributed by atoms with Crippen LogP contribution in [-0.2, 0) is 5.54 Å². The van der Waals surface area contributed by atoms with Gasteiger partial charge in [0.2, 0.25) is 5.82 Å². The van der Waals surface area contributed by atoms with Crippen molar-refractivity contribution in [2.45, 2.75) is 5.54 Å². The van der Waals surface area contributed by atoms with Gasteiger partial charge < -0.3 is 10.5 Å². The summed E-state index contributed by atoms with van der Waals surface area (Å²) in [6.07, 6.45) is 4.72. The minimum absolute atomic E-state index is 0.0414. The molecule has 0 bridgehead atoms. The molecule has 0 saturated heterocycles. The fraction of sp³-hybridized carbons (Fsp3) is 0.0800. The molecule has 4 aromatic rings. The van der Waals surface area contributed by atoms with E-state index in [1.54, 1.807) is 30.6 Å². The van der Waals surface area contributed by atoms with E-state index >= 15 is 0 Å². The van der Waals surface area contributed by atoms with Crippen LogP contribution in [0.15, 0.2) is 78.3 Å². The molecule has 0 saturated carbocycles. The summed E-state index contributed by atoms with van der Waals surface area (Å²) in [6.45, 7) is 0. The Morgan fingerprint density at radius 1 is 0.848 bits per heavy atom. The van der Waals surface area contributed by atoms with Gasteiger partial charge in [-0.15, -0.1) is 0 Å². The van der Waals surface area contributed by atoms with Gasteiger partial charge in [-0.2, -0.15) is 4.39 Å². The van der Waals surface area contributed by atoms with E-state index in [-0.39, 0.29) is 22.7 Å². The number of halogens is 3. The van der Waals surface area contributed by atoms with Gasteiger partial charge in [0.05, 0.1) is 12.7 Å². The number of nitrogens with two attached hydrogens (primary N) is 1. The Balaban J connectivity index is 1.85. The second-order valence-corrected chi connectivity index (χ2v) is 7.55. The van der Waals surface area contributed by atoms with E-state index in [0.717, 1.165) is 17.2 Å². The zero-order valence-electron chi connectivity index (χ0n) is 17.4. The number of aliphatic imine (C=N–C) groups is 1. The minimum Gasteiger partial charge on any atom is -0.494 e. The molecule has 1 aliphatic heterocycles. The Kier molecular flexibility index (Phi) is 4.85. The molecule has 33 heavy (non-hydrogen) atoms. The average molecular weight is 446 g/mol.